The number of ether oxygens (including phenoxy) is 3. The number of carbonyl (C=O) groups is 6. The Balaban J connectivity index is 1.37. The van der Waals surface area contributed by atoms with Crippen LogP contribution in [0.3, 0.4) is 0 Å². The van der Waals surface area contributed by atoms with Crippen LogP contribution in [0.1, 0.15) is 60.6 Å². The second-order valence-corrected chi connectivity index (χ2v) is 12.1. The summed E-state index contributed by atoms with van der Waals surface area (Å²) in [6.45, 7) is 1.87. The summed E-state index contributed by atoms with van der Waals surface area (Å²) in [7, 11) is 0. The van der Waals surface area contributed by atoms with Crippen molar-refractivity contribution >= 4 is 35.8 Å². The van der Waals surface area contributed by atoms with Crippen LogP contribution in [0.2, 0.25) is 0 Å². The minimum Gasteiger partial charge on any atom is -0.393 e. The summed E-state index contributed by atoms with van der Waals surface area (Å²) < 4.78 is 15.3. The number of hydrogen-bond acceptors (Lipinski definition) is 9. The predicted octanol–water partition coefficient (Wildman–Crippen LogP) is 4.86. The first-order chi connectivity index (χ1) is 21.7. The maximum Gasteiger partial charge on any atom is 0.318 e. The molecule has 45 heavy (non-hydrogen) atoms. The molecule has 3 saturated heterocycles. The lowest BCUT2D eigenvalue weighted by Gasteiger charge is -2.31. The Hall–Kier alpha value is -4.92. The van der Waals surface area contributed by atoms with Gasteiger partial charge in [0.1, 0.15) is 0 Å². The van der Waals surface area contributed by atoms with Crippen LogP contribution in [0.4, 0.5) is 0 Å². The molecule has 3 heterocycles. The number of carbonyl (C=O) groups excluding carboxylic acids is 6. The van der Waals surface area contributed by atoms with Gasteiger partial charge in [-0.1, -0.05) is 97.9 Å². The summed E-state index contributed by atoms with van der Waals surface area (Å²) in [6, 6.07) is 27.4. The Kier molecular flexibility index (Phi) is 8.43. The Bertz CT molecular complexity index is 1620. The normalized spacial score (nSPS) is 26.7. The lowest BCUT2D eigenvalue weighted by Crippen LogP contribution is -2.32. The van der Waals surface area contributed by atoms with Crippen LogP contribution < -0.4 is 0 Å². The second kappa shape index (κ2) is 12.6. The molecule has 230 valence electrons. The van der Waals surface area contributed by atoms with Crippen molar-refractivity contribution in [2.24, 2.45) is 29.6 Å². The SMILES string of the molecule is CC(c1ccccc1)C1C(=O)OC(=O)C1CC(c1ccccc1)C1C(=O)OC(=O)C1CC(c1ccccc1)C1CC(=O)OC1=O. The molecule has 8 atom stereocenters. The largest absolute Gasteiger partial charge is 0.393 e. The molecule has 9 heteroatoms. The monoisotopic (exact) mass is 608 g/mol. The van der Waals surface area contributed by atoms with E-state index < -0.39 is 77.2 Å². The summed E-state index contributed by atoms with van der Waals surface area (Å²) in [5.41, 5.74) is 2.29. The topological polar surface area (TPSA) is 130 Å². The van der Waals surface area contributed by atoms with Gasteiger partial charge < -0.3 is 14.2 Å². The number of cyclic esters (lactones) is 6. The molecular formula is C36H32O9. The molecule has 3 fully saturated rings. The van der Waals surface area contributed by atoms with Gasteiger partial charge in [0, 0.05) is 0 Å². The molecule has 0 bridgehead atoms. The summed E-state index contributed by atoms with van der Waals surface area (Å²) in [5, 5.41) is 0. The summed E-state index contributed by atoms with van der Waals surface area (Å²) >= 11 is 0. The molecule has 0 saturated carbocycles. The van der Waals surface area contributed by atoms with Gasteiger partial charge in [-0.2, -0.15) is 0 Å². The van der Waals surface area contributed by atoms with Crippen LogP contribution in [0.15, 0.2) is 91.0 Å². The zero-order valence-corrected chi connectivity index (χ0v) is 24.6. The fourth-order valence-corrected chi connectivity index (χ4v) is 7.32. The lowest BCUT2D eigenvalue weighted by atomic mass is 9.68. The molecule has 3 aliphatic heterocycles. The first kappa shape index (κ1) is 30.1. The van der Waals surface area contributed by atoms with E-state index in [0.717, 1.165) is 11.1 Å². The zero-order chi connectivity index (χ0) is 31.7. The molecule has 8 unspecified atom stereocenters. The number of rotatable bonds is 10. The molecule has 3 aliphatic rings. The van der Waals surface area contributed by atoms with E-state index in [2.05, 4.69) is 0 Å². The van der Waals surface area contributed by atoms with Gasteiger partial charge in [-0.05, 0) is 47.3 Å². The number of hydrogen-bond donors (Lipinski definition) is 0. The van der Waals surface area contributed by atoms with Gasteiger partial charge in [0.2, 0.25) is 0 Å². The highest BCUT2D eigenvalue weighted by Crippen LogP contribution is 2.49. The Morgan fingerprint density at radius 3 is 1.49 bits per heavy atom. The van der Waals surface area contributed by atoms with Crippen molar-refractivity contribution in [1.29, 1.82) is 0 Å². The molecule has 6 rings (SSSR count). The molecule has 3 aromatic carbocycles. The van der Waals surface area contributed by atoms with Gasteiger partial charge in [-0.25, -0.2) is 0 Å². The number of esters is 6. The highest BCUT2D eigenvalue weighted by molar-refractivity contribution is 5.99. The van der Waals surface area contributed by atoms with Gasteiger partial charge >= 0.3 is 35.8 Å². The minimum atomic E-state index is -1.02. The van der Waals surface area contributed by atoms with Crippen molar-refractivity contribution in [3.8, 4) is 0 Å². The maximum absolute atomic E-state index is 13.6. The average molecular weight is 609 g/mol. The maximum atomic E-state index is 13.6. The van der Waals surface area contributed by atoms with E-state index in [9.17, 15) is 28.8 Å². The fraction of sp³-hybridized carbons (Fsp3) is 0.333. The van der Waals surface area contributed by atoms with E-state index >= 15 is 0 Å². The summed E-state index contributed by atoms with van der Waals surface area (Å²) in [4.78, 5) is 78.1. The molecule has 0 aromatic heterocycles. The molecule has 0 amide bonds. The predicted molar refractivity (Wildman–Crippen MR) is 158 cm³/mol. The third-order valence-corrected chi connectivity index (χ3v) is 9.58. The summed E-state index contributed by atoms with van der Waals surface area (Å²) in [5.74, 6) is -10.3. The van der Waals surface area contributed by atoms with Crippen molar-refractivity contribution in [1.82, 2.24) is 0 Å². The molecule has 0 radical (unpaired) electrons. The van der Waals surface area contributed by atoms with Gasteiger partial charge in [-0.15, -0.1) is 0 Å². The average Bonchev–Trinajstić information content (AvgIpc) is 3.63. The molecular weight excluding hydrogens is 576 g/mol. The number of benzene rings is 3. The molecule has 0 spiro atoms. The van der Waals surface area contributed by atoms with Crippen LogP contribution in [-0.2, 0) is 43.0 Å². The van der Waals surface area contributed by atoms with Gasteiger partial charge in [0.25, 0.3) is 0 Å². The Labute approximate surface area is 259 Å². The van der Waals surface area contributed by atoms with Crippen molar-refractivity contribution in [3.63, 3.8) is 0 Å². The van der Waals surface area contributed by atoms with Crippen molar-refractivity contribution in [2.75, 3.05) is 0 Å². The van der Waals surface area contributed by atoms with E-state index in [-0.39, 0.29) is 25.2 Å². The fourth-order valence-electron chi connectivity index (χ4n) is 7.32. The quantitative estimate of drug-likeness (QED) is 0.180. The first-order valence-electron chi connectivity index (χ1n) is 15.1. The minimum absolute atomic E-state index is 0.0352. The third-order valence-electron chi connectivity index (χ3n) is 9.58. The molecule has 3 aromatic rings. The van der Waals surface area contributed by atoms with Crippen molar-refractivity contribution in [2.45, 2.75) is 43.9 Å². The lowest BCUT2D eigenvalue weighted by molar-refractivity contribution is -0.156. The standard InChI is InChI=1S/C36H32O9/c1-20(21-11-5-2-6-12-21)30-27(33(39)44-35(30)41)18-25(23-15-9-4-10-16-23)31-28(34(40)45-36(31)42)17-24(22-13-7-3-8-14-22)26-19-29(37)43-32(26)38/h2-16,20,24-28,30-31H,17-19H2,1H3. The van der Waals surface area contributed by atoms with Crippen molar-refractivity contribution in [3.05, 3.63) is 108 Å². The van der Waals surface area contributed by atoms with Crippen LogP contribution in [0, 0.1) is 29.6 Å². The van der Waals surface area contributed by atoms with E-state index in [1.807, 2.05) is 73.7 Å². The molecule has 0 N–H and O–H groups in total. The van der Waals surface area contributed by atoms with Gasteiger partial charge in [0.15, 0.2) is 0 Å². The van der Waals surface area contributed by atoms with Crippen molar-refractivity contribution < 1.29 is 43.0 Å². The molecule has 9 nitrogen and oxygen atoms in total. The zero-order valence-electron chi connectivity index (χ0n) is 24.6. The van der Waals surface area contributed by atoms with Crippen LogP contribution in [0.25, 0.3) is 0 Å². The van der Waals surface area contributed by atoms with Crippen LogP contribution >= 0.6 is 0 Å². The first-order valence-corrected chi connectivity index (χ1v) is 15.1. The van der Waals surface area contributed by atoms with Crippen LogP contribution in [-0.4, -0.2) is 35.8 Å². The highest BCUT2D eigenvalue weighted by Gasteiger charge is 2.55. The van der Waals surface area contributed by atoms with Crippen LogP contribution in [0.5, 0.6) is 0 Å². The smallest absolute Gasteiger partial charge is 0.318 e. The van der Waals surface area contributed by atoms with E-state index in [1.165, 1.54) is 0 Å². The molecule has 0 aliphatic carbocycles. The Morgan fingerprint density at radius 2 is 0.978 bits per heavy atom. The summed E-state index contributed by atoms with van der Waals surface area (Å²) in [6.07, 6.45) is -0.0522. The van der Waals surface area contributed by atoms with Gasteiger partial charge in [0.05, 0.1) is 36.0 Å². The van der Waals surface area contributed by atoms with Gasteiger partial charge in [-0.3, -0.25) is 28.8 Å². The second-order valence-electron chi connectivity index (χ2n) is 12.1. The Morgan fingerprint density at radius 1 is 0.533 bits per heavy atom. The highest BCUT2D eigenvalue weighted by atomic mass is 16.6. The van der Waals surface area contributed by atoms with E-state index in [1.54, 1.807) is 24.3 Å². The van der Waals surface area contributed by atoms with E-state index in [0.29, 0.717) is 5.56 Å². The van der Waals surface area contributed by atoms with E-state index in [4.69, 9.17) is 14.2 Å². The third kappa shape index (κ3) is 5.94.